The van der Waals surface area contributed by atoms with E-state index in [1.165, 1.54) is 6.42 Å². The molecule has 1 amide bonds. The van der Waals surface area contributed by atoms with E-state index in [9.17, 15) is 4.79 Å². The lowest BCUT2D eigenvalue weighted by Crippen LogP contribution is -2.58. The molecule has 0 saturated carbocycles. The third-order valence-corrected chi connectivity index (χ3v) is 4.21. The lowest BCUT2D eigenvalue weighted by Gasteiger charge is -2.44. The van der Waals surface area contributed by atoms with Crippen LogP contribution in [0.25, 0.3) is 0 Å². The maximum atomic E-state index is 12.5. The standard InChI is InChI=1S/C13H26N2O/c1-10-8-6-7-9-15(10)11(16)12(2,3)13(4,5)14/h10H,6-9,14H2,1-5H3. The Morgan fingerprint density at radius 1 is 1.25 bits per heavy atom. The molecule has 1 heterocycles. The van der Waals surface area contributed by atoms with Crippen molar-refractivity contribution >= 4 is 5.91 Å². The lowest BCUT2D eigenvalue weighted by molar-refractivity contribution is -0.147. The number of rotatable bonds is 2. The summed E-state index contributed by atoms with van der Waals surface area (Å²) in [5.41, 5.74) is 5.13. The van der Waals surface area contributed by atoms with Crippen LogP contribution in [0.3, 0.4) is 0 Å². The summed E-state index contributed by atoms with van der Waals surface area (Å²) in [6, 6.07) is 0.364. The van der Waals surface area contributed by atoms with Gasteiger partial charge in [-0.05, 0) is 53.9 Å². The lowest BCUT2D eigenvalue weighted by atomic mass is 9.73. The van der Waals surface area contributed by atoms with Gasteiger partial charge in [-0.1, -0.05) is 0 Å². The van der Waals surface area contributed by atoms with Crippen molar-refractivity contribution in [1.29, 1.82) is 0 Å². The zero-order valence-corrected chi connectivity index (χ0v) is 11.3. The zero-order chi connectivity index (χ0) is 12.6. The number of nitrogens with zero attached hydrogens (tertiary/aromatic N) is 1. The number of amides is 1. The molecule has 0 radical (unpaired) electrons. The Morgan fingerprint density at radius 2 is 1.81 bits per heavy atom. The average Bonchev–Trinajstić information content (AvgIpc) is 2.15. The molecule has 0 spiro atoms. The second-order valence-corrected chi connectivity index (χ2v) is 6.19. The molecule has 3 nitrogen and oxygen atoms in total. The summed E-state index contributed by atoms with van der Waals surface area (Å²) in [5, 5.41) is 0. The van der Waals surface area contributed by atoms with Crippen LogP contribution in [0.15, 0.2) is 0 Å². The van der Waals surface area contributed by atoms with Gasteiger partial charge in [0.25, 0.3) is 0 Å². The summed E-state index contributed by atoms with van der Waals surface area (Å²) in [6.07, 6.45) is 3.47. The molecule has 0 bridgehead atoms. The highest BCUT2D eigenvalue weighted by Gasteiger charge is 2.43. The Bertz CT molecular complexity index is 266. The molecule has 0 aromatic rings. The number of carbonyl (C=O) groups excluding carboxylic acids is 1. The molecule has 1 aliphatic rings. The van der Waals surface area contributed by atoms with Gasteiger partial charge in [0.2, 0.25) is 5.91 Å². The van der Waals surface area contributed by atoms with E-state index in [4.69, 9.17) is 5.73 Å². The van der Waals surface area contributed by atoms with Gasteiger partial charge in [-0.2, -0.15) is 0 Å². The molecule has 1 fully saturated rings. The molecule has 1 saturated heterocycles. The van der Waals surface area contributed by atoms with Crippen LogP contribution in [-0.4, -0.2) is 28.9 Å². The van der Waals surface area contributed by atoms with Crippen molar-refractivity contribution in [3.8, 4) is 0 Å². The van der Waals surface area contributed by atoms with E-state index in [1.807, 2.05) is 32.6 Å². The maximum Gasteiger partial charge on any atom is 0.230 e. The first-order chi connectivity index (χ1) is 7.18. The second kappa shape index (κ2) is 4.36. The van der Waals surface area contributed by atoms with Crippen molar-refractivity contribution in [2.75, 3.05) is 6.54 Å². The molecule has 2 N–H and O–H groups in total. The predicted molar refractivity (Wildman–Crippen MR) is 67.1 cm³/mol. The first-order valence-electron chi connectivity index (χ1n) is 6.28. The number of likely N-dealkylation sites (tertiary alicyclic amines) is 1. The monoisotopic (exact) mass is 226 g/mol. The molecule has 0 aromatic carbocycles. The van der Waals surface area contributed by atoms with Crippen molar-refractivity contribution in [3.05, 3.63) is 0 Å². The molecule has 94 valence electrons. The first kappa shape index (κ1) is 13.5. The second-order valence-electron chi connectivity index (χ2n) is 6.19. The highest BCUT2D eigenvalue weighted by atomic mass is 16.2. The normalized spacial score (nSPS) is 23.4. The van der Waals surface area contributed by atoms with Gasteiger partial charge in [0.1, 0.15) is 0 Å². The van der Waals surface area contributed by atoms with Crippen molar-refractivity contribution in [2.45, 2.75) is 65.5 Å². The van der Waals surface area contributed by atoms with Crippen LogP contribution in [-0.2, 0) is 4.79 Å². The van der Waals surface area contributed by atoms with Gasteiger partial charge in [0.15, 0.2) is 0 Å². The minimum absolute atomic E-state index is 0.201. The summed E-state index contributed by atoms with van der Waals surface area (Å²) >= 11 is 0. The van der Waals surface area contributed by atoms with E-state index < -0.39 is 11.0 Å². The summed E-state index contributed by atoms with van der Waals surface area (Å²) in [6.45, 7) is 10.8. The van der Waals surface area contributed by atoms with E-state index in [2.05, 4.69) is 6.92 Å². The Hall–Kier alpha value is -0.570. The van der Waals surface area contributed by atoms with Crippen molar-refractivity contribution in [3.63, 3.8) is 0 Å². The Kier molecular flexibility index (Phi) is 3.68. The predicted octanol–water partition coefficient (Wildman–Crippen LogP) is 2.15. The fraction of sp³-hybridized carbons (Fsp3) is 0.923. The molecule has 16 heavy (non-hydrogen) atoms. The van der Waals surface area contributed by atoms with Gasteiger partial charge >= 0.3 is 0 Å². The molecule has 0 aliphatic carbocycles. The summed E-state index contributed by atoms with van der Waals surface area (Å²) in [7, 11) is 0. The van der Waals surface area contributed by atoms with Crippen LogP contribution in [0, 0.1) is 5.41 Å². The van der Waals surface area contributed by atoms with E-state index in [1.54, 1.807) is 0 Å². The van der Waals surface area contributed by atoms with Gasteiger partial charge in [0, 0.05) is 18.1 Å². The number of hydrogen-bond acceptors (Lipinski definition) is 2. The molecule has 1 unspecified atom stereocenters. The minimum atomic E-state index is -0.501. The minimum Gasteiger partial charge on any atom is -0.339 e. The highest BCUT2D eigenvalue weighted by molar-refractivity contribution is 5.83. The number of carbonyl (C=O) groups is 1. The van der Waals surface area contributed by atoms with Crippen LogP contribution in [0.1, 0.15) is 53.9 Å². The van der Waals surface area contributed by atoms with Crippen LogP contribution >= 0.6 is 0 Å². The van der Waals surface area contributed by atoms with Gasteiger partial charge in [-0.3, -0.25) is 4.79 Å². The number of hydrogen-bond donors (Lipinski definition) is 1. The molecular weight excluding hydrogens is 200 g/mol. The topological polar surface area (TPSA) is 46.3 Å². The third kappa shape index (κ3) is 2.40. The average molecular weight is 226 g/mol. The molecule has 1 atom stereocenters. The van der Waals surface area contributed by atoms with Gasteiger partial charge in [-0.15, -0.1) is 0 Å². The van der Waals surface area contributed by atoms with Crippen LogP contribution in [0.4, 0.5) is 0 Å². The Morgan fingerprint density at radius 3 is 2.25 bits per heavy atom. The quantitative estimate of drug-likeness (QED) is 0.784. The highest BCUT2D eigenvalue weighted by Crippen LogP contribution is 2.32. The smallest absolute Gasteiger partial charge is 0.230 e. The fourth-order valence-corrected chi connectivity index (χ4v) is 2.03. The fourth-order valence-electron chi connectivity index (χ4n) is 2.03. The van der Waals surface area contributed by atoms with Crippen molar-refractivity contribution in [1.82, 2.24) is 4.90 Å². The van der Waals surface area contributed by atoms with Gasteiger partial charge in [-0.25, -0.2) is 0 Å². The zero-order valence-electron chi connectivity index (χ0n) is 11.3. The molecule has 1 aliphatic heterocycles. The number of nitrogens with two attached hydrogens (primary N) is 1. The van der Waals surface area contributed by atoms with Crippen LogP contribution in [0.5, 0.6) is 0 Å². The Balaban J connectivity index is 2.84. The molecule has 0 aromatic heterocycles. The van der Waals surface area contributed by atoms with Crippen LogP contribution < -0.4 is 5.73 Å². The van der Waals surface area contributed by atoms with E-state index in [0.717, 1.165) is 19.4 Å². The first-order valence-corrected chi connectivity index (χ1v) is 6.28. The van der Waals surface area contributed by atoms with Crippen molar-refractivity contribution < 1.29 is 4.79 Å². The van der Waals surface area contributed by atoms with Crippen LogP contribution in [0.2, 0.25) is 0 Å². The van der Waals surface area contributed by atoms with Gasteiger partial charge < -0.3 is 10.6 Å². The summed E-state index contributed by atoms with van der Waals surface area (Å²) in [4.78, 5) is 14.5. The van der Waals surface area contributed by atoms with E-state index in [-0.39, 0.29) is 5.91 Å². The van der Waals surface area contributed by atoms with Gasteiger partial charge in [0.05, 0.1) is 5.41 Å². The summed E-state index contributed by atoms with van der Waals surface area (Å²) in [5.74, 6) is 0.201. The molecule has 1 rings (SSSR count). The third-order valence-electron chi connectivity index (χ3n) is 4.21. The number of piperidine rings is 1. The SMILES string of the molecule is CC1CCCCN1C(=O)C(C)(C)C(C)(C)N. The molecular formula is C13H26N2O. The van der Waals surface area contributed by atoms with Crippen molar-refractivity contribution in [2.24, 2.45) is 11.1 Å². The Labute approximate surface area is 99.4 Å². The maximum absolute atomic E-state index is 12.5. The van der Waals surface area contributed by atoms with E-state index >= 15 is 0 Å². The summed E-state index contributed by atoms with van der Waals surface area (Å²) < 4.78 is 0. The largest absolute Gasteiger partial charge is 0.339 e. The van der Waals surface area contributed by atoms with E-state index in [0.29, 0.717) is 6.04 Å². The molecule has 3 heteroatoms.